The van der Waals surface area contributed by atoms with E-state index < -0.39 is 0 Å². The number of benzene rings is 1. The van der Waals surface area contributed by atoms with Crippen LogP contribution in [0, 0.1) is 0 Å². The molecule has 120 valence electrons. The van der Waals surface area contributed by atoms with Crippen LogP contribution in [0.1, 0.15) is 42.1 Å². The van der Waals surface area contributed by atoms with Crippen LogP contribution in [0.4, 0.5) is 0 Å². The minimum atomic E-state index is -0.233. The van der Waals surface area contributed by atoms with Crippen molar-refractivity contribution in [3.63, 3.8) is 0 Å². The summed E-state index contributed by atoms with van der Waals surface area (Å²) >= 11 is 0. The molecule has 1 aromatic carbocycles. The van der Waals surface area contributed by atoms with Gasteiger partial charge in [-0.1, -0.05) is 19.1 Å². The van der Waals surface area contributed by atoms with Crippen molar-refractivity contribution in [2.24, 2.45) is 0 Å². The van der Waals surface area contributed by atoms with Crippen molar-refractivity contribution in [2.75, 3.05) is 19.8 Å². The molecule has 3 rings (SSSR count). The van der Waals surface area contributed by atoms with Crippen molar-refractivity contribution in [3.8, 4) is 5.75 Å². The maximum absolute atomic E-state index is 12.5. The molecule has 2 atom stereocenters. The van der Waals surface area contributed by atoms with Crippen LogP contribution >= 0.6 is 0 Å². The van der Waals surface area contributed by atoms with E-state index in [1.54, 1.807) is 6.07 Å². The van der Waals surface area contributed by atoms with Crippen LogP contribution in [0.25, 0.3) is 0 Å². The minimum Gasteiger partial charge on any atom is -0.507 e. The molecular weight excluding hydrogens is 282 g/mol. The van der Waals surface area contributed by atoms with Crippen LogP contribution in [-0.4, -0.2) is 42.5 Å². The van der Waals surface area contributed by atoms with Gasteiger partial charge < -0.3 is 19.9 Å². The second kappa shape index (κ2) is 6.26. The zero-order valence-corrected chi connectivity index (χ0v) is 12.9. The van der Waals surface area contributed by atoms with Gasteiger partial charge in [0, 0.05) is 25.7 Å². The molecule has 2 unspecified atom stereocenters. The number of phenolic OH excluding ortho intramolecular Hbond substituents is 1. The van der Waals surface area contributed by atoms with E-state index in [1.807, 2.05) is 19.1 Å². The maximum Gasteiger partial charge on any atom is 0.255 e. The summed E-state index contributed by atoms with van der Waals surface area (Å²) in [6.45, 7) is 3.92. The first kappa shape index (κ1) is 15.3. The molecule has 0 aromatic heterocycles. The van der Waals surface area contributed by atoms with Crippen molar-refractivity contribution < 1.29 is 19.4 Å². The predicted octanol–water partition coefficient (Wildman–Crippen LogP) is 2.02. The Balaban J connectivity index is 1.69. The molecule has 2 aliphatic rings. The largest absolute Gasteiger partial charge is 0.507 e. The number of aromatic hydroxyl groups is 1. The number of phenols is 1. The Labute approximate surface area is 130 Å². The fourth-order valence-corrected chi connectivity index (χ4v) is 3.34. The third-order valence-electron chi connectivity index (χ3n) is 4.64. The first-order valence-electron chi connectivity index (χ1n) is 7.97. The Morgan fingerprint density at radius 1 is 1.45 bits per heavy atom. The molecule has 2 N–H and O–H groups in total. The van der Waals surface area contributed by atoms with Crippen molar-refractivity contribution >= 4 is 5.91 Å². The van der Waals surface area contributed by atoms with E-state index in [0.717, 1.165) is 31.4 Å². The number of hydrogen-bond donors (Lipinski definition) is 2. The quantitative estimate of drug-likeness (QED) is 0.896. The monoisotopic (exact) mass is 305 g/mol. The Morgan fingerprint density at radius 3 is 3.05 bits per heavy atom. The van der Waals surface area contributed by atoms with Crippen molar-refractivity contribution in [1.82, 2.24) is 5.32 Å². The first-order valence-corrected chi connectivity index (χ1v) is 7.97. The Morgan fingerprint density at radius 2 is 2.32 bits per heavy atom. The summed E-state index contributed by atoms with van der Waals surface area (Å²) in [5.41, 5.74) is 0.909. The smallest absolute Gasteiger partial charge is 0.255 e. The van der Waals surface area contributed by atoms with E-state index in [2.05, 4.69) is 5.32 Å². The van der Waals surface area contributed by atoms with Gasteiger partial charge in [-0.2, -0.15) is 0 Å². The Hall–Kier alpha value is -1.59. The molecule has 2 aliphatic heterocycles. The van der Waals surface area contributed by atoms with Gasteiger partial charge in [0.1, 0.15) is 5.75 Å². The summed E-state index contributed by atoms with van der Waals surface area (Å²) in [4.78, 5) is 12.5. The zero-order chi connectivity index (χ0) is 15.6. The average Bonchev–Trinajstić information content (AvgIpc) is 2.95. The van der Waals surface area contributed by atoms with Gasteiger partial charge in [-0.05, 0) is 30.9 Å². The lowest BCUT2D eigenvalue weighted by molar-refractivity contribution is -0.0881. The highest BCUT2D eigenvalue weighted by Crippen LogP contribution is 2.33. The number of carbonyl (C=O) groups excluding carboxylic acids is 1. The molecule has 1 aromatic rings. The summed E-state index contributed by atoms with van der Waals surface area (Å²) < 4.78 is 11.3. The molecule has 0 radical (unpaired) electrons. The number of aryl methyl sites for hydroxylation is 1. The number of nitrogens with one attached hydrogen (secondary N) is 1. The molecule has 2 saturated heterocycles. The van der Waals surface area contributed by atoms with Crippen molar-refractivity contribution in [2.45, 2.75) is 44.2 Å². The number of para-hydroxylation sites is 1. The van der Waals surface area contributed by atoms with E-state index in [4.69, 9.17) is 9.47 Å². The molecule has 5 nitrogen and oxygen atoms in total. The highest BCUT2D eigenvalue weighted by Gasteiger charge is 2.41. The number of ether oxygens (including phenoxy) is 2. The third kappa shape index (κ3) is 2.96. The lowest BCUT2D eigenvalue weighted by Crippen LogP contribution is -2.49. The molecule has 2 fully saturated rings. The van der Waals surface area contributed by atoms with Crippen LogP contribution in [0.15, 0.2) is 18.2 Å². The summed E-state index contributed by atoms with van der Waals surface area (Å²) in [6, 6.07) is 5.37. The van der Waals surface area contributed by atoms with Gasteiger partial charge in [-0.25, -0.2) is 0 Å². The van der Waals surface area contributed by atoms with Gasteiger partial charge in [0.25, 0.3) is 5.91 Å². The van der Waals surface area contributed by atoms with Crippen molar-refractivity contribution in [3.05, 3.63) is 29.3 Å². The lowest BCUT2D eigenvalue weighted by atomic mass is 9.89. The highest BCUT2D eigenvalue weighted by atomic mass is 16.6. The lowest BCUT2D eigenvalue weighted by Gasteiger charge is -2.37. The van der Waals surface area contributed by atoms with E-state index in [0.29, 0.717) is 25.2 Å². The van der Waals surface area contributed by atoms with Crippen LogP contribution in [0.3, 0.4) is 0 Å². The normalized spacial score (nSPS) is 28.0. The maximum atomic E-state index is 12.5. The standard InChI is InChI=1S/C17H23NO4/c1-2-12-4-3-5-14(15(12)19)16(20)18-13-6-8-22-17(10-13)7-9-21-11-17/h3-5,13,19H,2,6-11H2,1H3,(H,18,20). The molecule has 0 bridgehead atoms. The highest BCUT2D eigenvalue weighted by molar-refractivity contribution is 5.97. The SMILES string of the molecule is CCc1cccc(C(=O)NC2CCOC3(CCOC3)C2)c1O. The van der Waals surface area contributed by atoms with E-state index in [9.17, 15) is 9.90 Å². The van der Waals surface area contributed by atoms with Gasteiger partial charge in [-0.3, -0.25) is 4.79 Å². The van der Waals surface area contributed by atoms with Crippen LogP contribution in [0.2, 0.25) is 0 Å². The number of carbonyl (C=O) groups is 1. The van der Waals surface area contributed by atoms with Gasteiger partial charge in [0.15, 0.2) is 0 Å². The topological polar surface area (TPSA) is 67.8 Å². The summed E-state index contributed by atoms with van der Waals surface area (Å²) in [5.74, 6) is -0.123. The van der Waals surface area contributed by atoms with E-state index >= 15 is 0 Å². The minimum absolute atomic E-state index is 0.0626. The zero-order valence-electron chi connectivity index (χ0n) is 12.9. The predicted molar refractivity (Wildman–Crippen MR) is 82.1 cm³/mol. The summed E-state index contributed by atoms with van der Waals surface area (Å²) in [5, 5.41) is 13.2. The van der Waals surface area contributed by atoms with Crippen LogP contribution in [0.5, 0.6) is 5.75 Å². The molecule has 1 spiro atoms. The fourth-order valence-electron chi connectivity index (χ4n) is 3.34. The van der Waals surface area contributed by atoms with E-state index in [-0.39, 0.29) is 23.3 Å². The Kier molecular flexibility index (Phi) is 4.36. The average molecular weight is 305 g/mol. The fraction of sp³-hybridized carbons (Fsp3) is 0.588. The van der Waals surface area contributed by atoms with Gasteiger partial charge >= 0.3 is 0 Å². The van der Waals surface area contributed by atoms with Gasteiger partial charge in [0.2, 0.25) is 0 Å². The molecule has 5 heteroatoms. The molecule has 1 amide bonds. The van der Waals surface area contributed by atoms with Crippen LogP contribution < -0.4 is 5.32 Å². The summed E-state index contributed by atoms with van der Waals surface area (Å²) in [7, 11) is 0. The second-order valence-electron chi connectivity index (χ2n) is 6.16. The molecular formula is C17H23NO4. The number of amides is 1. The van der Waals surface area contributed by atoms with Gasteiger partial charge in [-0.15, -0.1) is 0 Å². The summed E-state index contributed by atoms with van der Waals surface area (Å²) in [6.07, 6.45) is 3.15. The molecule has 22 heavy (non-hydrogen) atoms. The van der Waals surface area contributed by atoms with Crippen LogP contribution in [-0.2, 0) is 15.9 Å². The van der Waals surface area contributed by atoms with E-state index in [1.165, 1.54) is 0 Å². The van der Waals surface area contributed by atoms with Crippen molar-refractivity contribution in [1.29, 1.82) is 0 Å². The number of hydrogen-bond acceptors (Lipinski definition) is 4. The molecule has 2 heterocycles. The molecule has 0 aliphatic carbocycles. The second-order valence-corrected chi connectivity index (χ2v) is 6.16. The first-order chi connectivity index (χ1) is 10.6. The Bertz CT molecular complexity index is 552. The molecule has 0 saturated carbocycles. The number of rotatable bonds is 3. The third-order valence-corrected chi connectivity index (χ3v) is 4.64. The van der Waals surface area contributed by atoms with Gasteiger partial charge in [0.05, 0.1) is 17.8 Å².